The second-order valence-electron chi connectivity index (χ2n) is 4.43. The van der Waals surface area contributed by atoms with E-state index in [1.807, 2.05) is 19.9 Å². The van der Waals surface area contributed by atoms with Crippen LogP contribution in [0.1, 0.15) is 25.8 Å². The predicted octanol–water partition coefficient (Wildman–Crippen LogP) is 3.70. The van der Waals surface area contributed by atoms with Crippen LogP contribution < -0.4 is 5.32 Å². The minimum atomic E-state index is 0.0880. The lowest BCUT2D eigenvalue weighted by atomic mass is 10.1. The van der Waals surface area contributed by atoms with Gasteiger partial charge < -0.3 is 5.32 Å². The third-order valence-corrected chi connectivity index (χ3v) is 2.91. The van der Waals surface area contributed by atoms with Crippen LogP contribution in [0.4, 0.5) is 0 Å². The normalized spacial score (nSPS) is 10.6. The molecule has 1 amide bonds. The summed E-state index contributed by atoms with van der Waals surface area (Å²) in [6.07, 6.45) is 1.29. The molecule has 0 aromatic heterocycles. The Hall–Kier alpha value is -0.730. The fourth-order valence-electron chi connectivity index (χ4n) is 1.50. The number of amides is 1. The Kier molecular flexibility index (Phi) is 5.79. The molecular formula is C13H17Cl2NO. The van der Waals surface area contributed by atoms with E-state index in [0.717, 1.165) is 12.0 Å². The van der Waals surface area contributed by atoms with Gasteiger partial charge in [0.1, 0.15) is 0 Å². The molecule has 0 fully saturated rings. The largest absolute Gasteiger partial charge is 0.356 e. The molecule has 0 heterocycles. The summed E-state index contributed by atoms with van der Waals surface area (Å²) < 4.78 is 0. The summed E-state index contributed by atoms with van der Waals surface area (Å²) in [6, 6.07) is 5.41. The van der Waals surface area contributed by atoms with E-state index in [1.165, 1.54) is 0 Å². The molecular weight excluding hydrogens is 257 g/mol. The Labute approximate surface area is 112 Å². The van der Waals surface area contributed by atoms with E-state index >= 15 is 0 Å². The Morgan fingerprint density at radius 2 is 2.06 bits per heavy atom. The highest BCUT2D eigenvalue weighted by atomic mass is 35.5. The van der Waals surface area contributed by atoms with Gasteiger partial charge in [-0.1, -0.05) is 43.1 Å². The Morgan fingerprint density at radius 3 is 2.65 bits per heavy atom. The maximum absolute atomic E-state index is 11.4. The van der Waals surface area contributed by atoms with Crippen molar-refractivity contribution >= 4 is 29.1 Å². The van der Waals surface area contributed by atoms with E-state index in [4.69, 9.17) is 23.2 Å². The predicted molar refractivity (Wildman–Crippen MR) is 72.6 cm³/mol. The number of rotatable bonds is 5. The summed E-state index contributed by atoms with van der Waals surface area (Å²) in [5, 5.41) is 4.15. The Morgan fingerprint density at radius 1 is 1.35 bits per heavy atom. The van der Waals surface area contributed by atoms with Gasteiger partial charge in [0.15, 0.2) is 0 Å². The van der Waals surface area contributed by atoms with Crippen LogP contribution in [0.2, 0.25) is 10.0 Å². The van der Waals surface area contributed by atoms with Crippen molar-refractivity contribution in [1.29, 1.82) is 0 Å². The van der Waals surface area contributed by atoms with Gasteiger partial charge in [0, 0.05) is 23.0 Å². The second kappa shape index (κ2) is 6.87. The van der Waals surface area contributed by atoms with Gasteiger partial charge in [0.25, 0.3) is 0 Å². The van der Waals surface area contributed by atoms with Gasteiger partial charge in [-0.2, -0.15) is 0 Å². The molecule has 1 aromatic rings. The van der Waals surface area contributed by atoms with Gasteiger partial charge in [0.05, 0.1) is 0 Å². The average Bonchev–Trinajstić information content (AvgIpc) is 2.20. The molecule has 1 aromatic carbocycles. The maximum Gasteiger partial charge on any atom is 0.220 e. The molecule has 94 valence electrons. The summed E-state index contributed by atoms with van der Waals surface area (Å²) in [5.41, 5.74) is 1.00. The van der Waals surface area contributed by atoms with E-state index in [1.54, 1.807) is 12.1 Å². The van der Waals surface area contributed by atoms with Crippen molar-refractivity contribution in [2.24, 2.45) is 5.92 Å². The van der Waals surface area contributed by atoms with Gasteiger partial charge in [-0.15, -0.1) is 0 Å². The zero-order valence-electron chi connectivity index (χ0n) is 10.1. The Bertz CT molecular complexity index is 391. The lowest BCUT2D eigenvalue weighted by Gasteiger charge is -2.08. The van der Waals surface area contributed by atoms with Crippen LogP contribution in [-0.4, -0.2) is 12.5 Å². The molecule has 17 heavy (non-hydrogen) atoms. The highest BCUT2D eigenvalue weighted by Gasteiger charge is 2.05. The molecule has 0 aliphatic carbocycles. The number of carbonyl (C=O) groups is 1. The van der Waals surface area contributed by atoms with Crippen LogP contribution in [0.15, 0.2) is 18.2 Å². The number of halogens is 2. The first-order valence-corrected chi connectivity index (χ1v) is 6.45. The molecule has 0 spiro atoms. The number of hydrogen-bond donors (Lipinski definition) is 1. The van der Waals surface area contributed by atoms with Crippen molar-refractivity contribution in [2.45, 2.75) is 26.7 Å². The molecule has 1 N–H and O–H groups in total. The van der Waals surface area contributed by atoms with Gasteiger partial charge in [-0.25, -0.2) is 0 Å². The van der Waals surface area contributed by atoms with Crippen LogP contribution in [-0.2, 0) is 11.2 Å². The number of nitrogens with one attached hydrogen (secondary N) is 1. The lowest BCUT2D eigenvalue weighted by molar-refractivity contribution is -0.121. The molecule has 0 unspecified atom stereocenters. The van der Waals surface area contributed by atoms with Gasteiger partial charge in [-0.05, 0) is 30.0 Å². The molecule has 0 atom stereocenters. The summed E-state index contributed by atoms with van der Waals surface area (Å²) in [6.45, 7) is 4.65. The monoisotopic (exact) mass is 273 g/mol. The van der Waals surface area contributed by atoms with Crippen LogP contribution in [0.5, 0.6) is 0 Å². The molecule has 0 aliphatic heterocycles. The Balaban J connectivity index is 2.38. The zero-order valence-corrected chi connectivity index (χ0v) is 11.6. The van der Waals surface area contributed by atoms with Crippen molar-refractivity contribution in [2.75, 3.05) is 6.54 Å². The van der Waals surface area contributed by atoms with Gasteiger partial charge >= 0.3 is 0 Å². The highest BCUT2D eigenvalue weighted by Crippen LogP contribution is 2.21. The van der Waals surface area contributed by atoms with Crippen molar-refractivity contribution < 1.29 is 4.79 Å². The molecule has 0 radical (unpaired) electrons. The van der Waals surface area contributed by atoms with Crippen molar-refractivity contribution in [3.63, 3.8) is 0 Å². The average molecular weight is 274 g/mol. The van der Waals surface area contributed by atoms with Crippen molar-refractivity contribution in [3.8, 4) is 0 Å². The minimum Gasteiger partial charge on any atom is -0.356 e. The van der Waals surface area contributed by atoms with E-state index < -0.39 is 0 Å². The standard InChI is InChI=1S/C13H17Cl2NO/c1-9(2)7-13(17)16-6-5-10-3-4-11(14)8-12(10)15/h3-4,8-9H,5-7H2,1-2H3,(H,16,17). The third kappa shape index (κ3) is 5.42. The van der Waals surface area contributed by atoms with Gasteiger partial charge in [-0.3, -0.25) is 4.79 Å². The first-order valence-electron chi connectivity index (χ1n) is 5.69. The smallest absolute Gasteiger partial charge is 0.220 e. The van der Waals surface area contributed by atoms with Crippen molar-refractivity contribution in [3.05, 3.63) is 33.8 Å². The zero-order chi connectivity index (χ0) is 12.8. The van der Waals surface area contributed by atoms with Crippen LogP contribution >= 0.6 is 23.2 Å². The summed E-state index contributed by atoms with van der Waals surface area (Å²) in [4.78, 5) is 11.4. The first kappa shape index (κ1) is 14.3. The summed E-state index contributed by atoms with van der Waals surface area (Å²) in [5.74, 6) is 0.471. The SMILES string of the molecule is CC(C)CC(=O)NCCc1ccc(Cl)cc1Cl. The number of hydrogen-bond acceptors (Lipinski definition) is 1. The molecule has 0 bridgehead atoms. The summed E-state index contributed by atoms with van der Waals surface area (Å²) in [7, 11) is 0. The van der Waals surface area contributed by atoms with E-state index in [-0.39, 0.29) is 5.91 Å². The number of benzene rings is 1. The quantitative estimate of drug-likeness (QED) is 0.871. The molecule has 2 nitrogen and oxygen atoms in total. The minimum absolute atomic E-state index is 0.0880. The second-order valence-corrected chi connectivity index (χ2v) is 5.28. The third-order valence-electron chi connectivity index (χ3n) is 2.33. The fraction of sp³-hybridized carbons (Fsp3) is 0.462. The first-order chi connectivity index (χ1) is 7.99. The van der Waals surface area contributed by atoms with Crippen LogP contribution in [0.3, 0.4) is 0 Å². The lowest BCUT2D eigenvalue weighted by Crippen LogP contribution is -2.26. The van der Waals surface area contributed by atoms with Gasteiger partial charge in [0.2, 0.25) is 5.91 Å². The molecule has 4 heteroatoms. The van der Waals surface area contributed by atoms with Crippen molar-refractivity contribution in [1.82, 2.24) is 5.32 Å². The molecule has 0 saturated carbocycles. The molecule has 0 saturated heterocycles. The van der Waals surface area contributed by atoms with Crippen LogP contribution in [0.25, 0.3) is 0 Å². The van der Waals surface area contributed by atoms with E-state index in [9.17, 15) is 4.79 Å². The highest BCUT2D eigenvalue weighted by molar-refractivity contribution is 6.35. The van der Waals surface area contributed by atoms with E-state index in [2.05, 4.69) is 5.32 Å². The van der Waals surface area contributed by atoms with Crippen LogP contribution in [0, 0.1) is 5.92 Å². The van der Waals surface area contributed by atoms with E-state index in [0.29, 0.717) is 28.9 Å². The maximum atomic E-state index is 11.4. The topological polar surface area (TPSA) is 29.1 Å². The molecule has 0 aliphatic rings. The fourth-order valence-corrected chi connectivity index (χ4v) is 2.01. The number of carbonyl (C=O) groups excluding carboxylic acids is 1. The summed E-state index contributed by atoms with van der Waals surface area (Å²) >= 11 is 11.8. The molecule has 1 rings (SSSR count).